The summed E-state index contributed by atoms with van der Waals surface area (Å²) in [6.45, 7) is 2.36. The lowest BCUT2D eigenvalue weighted by Gasteiger charge is -2.27. The highest BCUT2D eigenvalue weighted by Crippen LogP contribution is 2.30. The van der Waals surface area contributed by atoms with Gasteiger partial charge in [0.25, 0.3) is 0 Å². The lowest BCUT2D eigenvalue weighted by molar-refractivity contribution is -0.123. The Morgan fingerprint density at radius 2 is 1.81 bits per heavy atom. The largest absolute Gasteiger partial charge is 0.486 e. The van der Waals surface area contributed by atoms with Crippen LogP contribution in [0.4, 0.5) is 4.79 Å². The van der Waals surface area contributed by atoms with E-state index in [2.05, 4.69) is 10.6 Å². The second kappa shape index (κ2) is 8.93. The maximum Gasteiger partial charge on any atom is 0.408 e. The van der Waals surface area contributed by atoms with Crippen molar-refractivity contribution in [1.29, 1.82) is 0 Å². The van der Waals surface area contributed by atoms with Crippen molar-refractivity contribution in [3.05, 3.63) is 60.2 Å². The molecule has 0 fully saturated rings. The van der Waals surface area contributed by atoms with Crippen molar-refractivity contribution >= 4 is 12.0 Å². The van der Waals surface area contributed by atoms with Gasteiger partial charge >= 0.3 is 6.09 Å². The number of carbonyl (C=O) groups excluding carboxylic acids is 2. The summed E-state index contributed by atoms with van der Waals surface area (Å²) in [4.78, 5) is 24.0. The van der Waals surface area contributed by atoms with Crippen LogP contribution in [-0.2, 0) is 16.1 Å². The fourth-order valence-corrected chi connectivity index (χ4v) is 2.54. The number of alkyl carbamates (subject to hydrolysis) is 1. The van der Waals surface area contributed by atoms with Gasteiger partial charge in [0.1, 0.15) is 25.4 Å². The smallest absolute Gasteiger partial charge is 0.408 e. The van der Waals surface area contributed by atoms with E-state index >= 15 is 0 Å². The van der Waals surface area contributed by atoms with E-state index in [4.69, 9.17) is 14.2 Å². The van der Waals surface area contributed by atoms with Gasteiger partial charge in [-0.2, -0.15) is 0 Å². The molecule has 0 bridgehead atoms. The molecular formula is C20H22N2O5. The van der Waals surface area contributed by atoms with Crippen LogP contribution >= 0.6 is 0 Å². The molecule has 7 nitrogen and oxygen atoms in total. The van der Waals surface area contributed by atoms with Crippen LogP contribution in [0.5, 0.6) is 11.5 Å². The molecule has 1 aliphatic heterocycles. The first-order chi connectivity index (χ1) is 13.1. The molecule has 2 aromatic rings. The lowest BCUT2D eigenvalue weighted by atomic mass is 10.2. The number of fused-ring (bicyclic) bond motifs is 1. The van der Waals surface area contributed by atoms with Crippen molar-refractivity contribution in [3.8, 4) is 11.5 Å². The summed E-state index contributed by atoms with van der Waals surface area (Å²) in [5.41, 5.74) is 0.875. The summed E-state index contributed by atoms with van der Waals surface area (Å²) in [6.07, 6.45) is -0.936. The SMILES string of the molecule is C[C@H](NC(=O)OCc1ccccc1)C(=O)NC[C@H]1COc2ccccc2O1. The maximum atomic E-state index is 12.2. The summed E-state index contributed by atoms with van der Waals surface area (Å²) < 4.78 is 16.5. The van der Waals surface area contributed by atoms with Crippen LogP contribution in [-0.4, -0.2) is 37.3 Å². The number of para-hydroxylation sites is 2. The van der Waals surface area contributed by atoms with E-state index in [0.29, 0.717) is 18.1 Å². The van der Waals surface area contributed by atoms with Crippen molar-refractivity contribution in [2.45, 2.75) is 25.7 Å². The van der Waals surface area contributed by atoms with Gasteiger partial charge in [0.2, 0.25) is 5.91 Å². The van der Waals surface area contributed by atoms with E-state index in [1.54, 1.807) is 6.92 Å². The number of hydrogen-bond acceptors (Lipinski definition) is 5. The molecule has 7 heteroatoms. The zero-order valence-corrected chi connectivity index (χ0v) is 15.0. The van der Waals surface area contributed by atoms with Crippen molar-refractivity contribution in [2.24, 2.45) is 0 Å². The zero-order valence-electron chi connectivity index (χ0n) is 15.0. The average molecular weight is 370 g/mol. The van der Waals surface area contributed by atoms with Gasteiger partial charge in [-0.25, -0.2) is 4.79 Å². The molecule has 0 aliphatic carbocycles. The van der Waals surface area contributed by atoms with Crippen molar-refractivity contribution in [1.82, 2.24) is 10.6 Å². The Morgan fingerprint density at radius 3 is 2.59 bits per heavy atom. The second-order valence-corrected chi connectivity index (χ2v) is 6.17. The molecule has 0 saturated heterocycles. The quantitative estimate of drug-likeness (QED) is 0.815. The summed E-state index contributed by atoms with van der Waals surface area (Å²) >= 11 is 0. The standard InChI is InChI=1S/C20H22N2O5/c1-14(22-20(24)26-12-15-7-3-2-4-8-15)19(23)21-11-16-13-25-17-9-5-6-10-18(17)27-16/h2-10,14,16H,11-13H2,1H3,(H,21,23)(H,22,24)/t14-,16-/m0/s1. The normalized spacial score (nSPS) is 16.1. The highest BCUT2D eigenvalue weighted by Gasteiger charge is 2.23. The Hall–Kier alpha value is -3.22. The Kier molecular flexibility index (Phi) is 6.14. The van der Waals surface area contributed by atoms with Gasteiger partial charge in [-0.05, 0) is 24.6 Å². The fraction of sp³-hybridized carbons (Fsp3) is 0.300. The van der Waals surface area contributed by atoms with Gasteiger partial charge in [-0.1, -0.05) is 42.5 Å². The molecular weight excluding hydrogens is 348 g/mol. The van der Waals surface area contributed by atoms with E-state index in [1.165, 1.54) is 0 Å². The van der Waals surface area contributed by atoms with Gasteiger partial charge in [-0.15, -0.1) is 0 Å². The monoisotopic (exact) mass is 370 g/mol. The summed E-state index contributed by atoms with van der Waals surface area (Å²) in [6, 6.07) is 16.0. The van der Waals surface area contributed by atoms with E-state index in [0.717, 1.165) is 5.56 Å². The molecule has 2 atom stereocenters. The Labute approximate surface area is 157 Å². The number of benzene rings is 2. The third-order valence-corrected chi connectivity index (χ3v) is 4.01. The van der Waals surface area contributed by atoms with Gasteiger partial charge in [0.05, 0.1) is 6.54 Å². The molecule has 0 aromatic heterocycles. The molecule has 2 aromatic carbocycles. The third-order valence-electron chi connectivity index (χ3n) is 4.01. The van der Waals surface area contributed by atoms with Crippen LogP contribution in [0.15, 0.2) is 54.6 Å². The molecule has 0 radical (unpaired) electrons. The molecule has 142 valence electrons. The topological polar surface area (TPSA) is 85.9 Å². The lowest BCUT2D eigenvalue weighted by Crippen LogP contribution is -2.48. The van der Waals surface area contributed by atoms with E-state index < -0.39 is 12.1 Å². The molecule has 1 aliphatic rings. The van der Waals surface area contributed by atoms with E-state index in [-0.39, 0.29) is 25.2 Å². The Morgan fingerprint density at radius 1 is 1.11 bits per heavy atom. The molecule has 0 spiro atoms. The predicted molar refractivity (Wildman–Crippen MR) is 98.6 cm³/mol. The second-order valence-electron chi connectivity index (χ2n) is 6.17. The van der Waals surface area contributed by atoms with Crippen molar-refractivity contribution in [2.75, 3.05) is 13.2 Å². The molecule has 27 heavy (non-hydrogen) atoms. The van der Waals surface area contributed by atoms with Gasteiger partial charge in [0, 0.05) is 0 Å². The number of carbonyl (C=O) groups is 2. The maximum absolute atomic E-state index is 12.2. The minimum absolute atomic E-state index is 0.147. The van der Waals surface area contributed by atoms with E-state index in [9.17, 15) is 9.59 Å². The predicted octanol–water partition coefficient (Wildman–Crippen LogP) is 2.26. The molecule has 3 rings (SSSR count). The highest BCUT2D eigenvalue weighted by molar-refractivity contribution is 5.85. The minimum atomic E-state index is -0.731. The fourth-order valence-electron chi connectivity index (χ4n) is 2.54. The van der Waals surface area contributed by atoms with Crippen LogP contribution < -0.4 is 20.1 Å². The first-order valence-electron chi connectivity index (χ1n) is 8.75. The first kappa shape index (κ1) is 18.6. The van der Waals surface area contributed by atoms with E-state index in [1.807, 2.05) is 54.6 Å². The summed E-state index contributed by atoms with van der Waals surface area (Å²) in [5, 5.41) is 5.26. The number of hydrogen-bond donors (Lipinski definition) is 2. The van der Waals surface area contributed by atoms with Crippen LogP contribution in [0.1, 0.15) is 12.5 Å². The Bertz CT molecular complexity index is 781. The first-order valence-corrected chi connectivity index (χ1v) is 8.75. The van der Waals surface area contributed by atoms with Crippen LogP contribution in [0.3, 0.4) is 0 Å². The van der Waals surface area contributed by atoms with Crippen LogP contribution in [0.2, 0.25) is 0 Å². The van der Waals surface area contributed by atoms with Gasteiger partial charge in [-0.3, -0.25) is 4.79 Å². The van der Waals surface area contributed by atoms with Crippen LogP contribution in [0, 0.1) is 0 Å². The summed E-state index contributed by atoms with van der Waals surface area (Å²) in [5.74, 6) is 1.02. The zero-order chi connectivity index (χ0) is 19.1. The number of rotatable bonds is 6. The van der Waals surface area contributed by atoms with Gasteiger partial charge in [0.15, 0.2) is 11.5 Å². The number of ether oxygens (including phenoxy) is 3. The Balaban J connectivity index is 1.38. The number of nitrogens with one attached hydrogen (secondary N) is 2. The van der Waals surface area contributed by atoms with Crippen LogP contribution in [0.25, 0.3) is 0 Å². The minimum Gasteiger partial charge on any atom is -0.486 e. The summed E-state index contributed by atoms with van der Waals surface area (Å²) in [7, 11) is 0. The molecule has 0 saturated carbocycles. The molecule has 0 unspecified atom stereocenters. The van der Waals surface area contributed by atoms with Crippen molar-refractivity contribution in [3.63, 3.8) is 0 Å². The highest BCUT2D eigenvalue weighted by atomic mass is 16.6. The van der Waals surface area contributed by atoms with Crippen molar-refractivity contribution < 1.29 is 23.8 Å². The molecule has 2 N–H and O–H groups in total. The average Bonchev–Trinajstić information content (AvgIpc) is 2.71. The third kappa shape index (κ3) is 5.37. The molecule has 2 amide bonds. The molecule has 1 heterocycles. The number of amides is 2. The van der Waals surface area contributed by atoms with Gasteiger partial charge < -0.3 is 24.8 Å².